The number of nitrogens with one attached hydrogen (secondary N) is 1. The summed E-state index contributed by atoms with van der Waals surface area (Å²) in [6, 6.07) is 0. The maximum Gasteiger partial charge on any atom is 0.252 e. The Morgan fingerprint density at radius 1 is 1.20 bits per heavy atom. The van der Waals surface area contributed by atoms with E-state index in [9.17, 15) is 4.79 Å². The van der Waals surface area contributed by atoms with E-state index in [-0.39, 0.29) is 11.8 Å². The van der Waals surface area contributed by atoms with Gasteiger partial charge in [0.25, 0.3) is 5.91 Å². The van der Waals surface area contributed by atoms with Crippen LogP contribution in [0.15, 0.2) is 47.7 Å². The smallest absolute Gasteiger partial charge is 0.252 e. The Morgan fingerprint density at radius 2 is 1.93 bits per heavy atom. The highest BCUT2D eigenvalue weighted by Gasteiger charge is 2.21. The number of carbonyl (C=O) groups is 1. The molecule has 2 nitrogen and oxygen atoms in total. The van der Waals surface area contributed by atoms with E-state index in [0.29, 0.717) is 0 Å². The number of rotatable bonds is 0. The SMILES string of the molecule is CC.CC1=CC2C=CC=CC=C2C(=O)N1. The molecule has 1 unspecified atom stereocenters. The number of amides is 1. The molecule has 80 valence electrons. The highest BCUT2D eigenvalue weighted by molar-refractivity contribution is 5.97. The summed E-state index contributed by atoms with van der Waals surface area (Å²) in [4.78, 5) is 11.5. The summed E-state index contributed by atoms with van der Waals surface area (Å²) in [5.74, 6) is 0.157. The first-order chi connectivity index (χ1) is 7.27. The molecule has 1 aliphatic heterocycles. The third-order valence-corrected chi connectivity index (χ3v) is 2.18. The Morgan fingerprint density at radius 3 is 2.67 bits per heavy atom. The monoisotopic (exact) mass is 203 g/mol. The quantitative estimate of drug-likeness (QED) is 0.644. The summed E-state index contributed by atoms with van der Waals surface area (Å²) in [6.07, 6.45) is 11.7. The van der Waals surface area contributed by atoms with Crippen molar-refractivity contribution in [3.63, 3.8) is 0 Å². The molecule has 0 aromatic carbocycles. The van der Waals surface area contributed by atoms with E-state index in [1.807, 2.05) is 51.2 Å². The number of fused-ring (bicyclic) bond motifs is 1. The van der Waals surface area contributed by atoms with Gasteiger partial charge in [0.1, 0.15) is 0 Å². The van der Waals surface area contributed by atoms with Crippen LogP contribution in [0.3, 0.4) is 0 Å². The van der Waals surface area contributed by atoms with Gasteiger partial charge in [-0.25, -0.2) is 0 Å². The van der Waals surface area contributed by atoms with Crippen molar-refractivity contribution in [2.24, 2.45) is 5.92 Å². The largest absolute Gasteiger partial charge is 0.327 e. The minimum Gasteiger partial charge on any atom is -0.327 e. The van der Waals surface area contributed by atoms with Crippen molar-refractivity contribution < 1.29 is 4.79 Å². The maximum absolute atomic E-state index is 11.5. The van der Waals surface area contributed by atoms with Crippen molar-refractivity contribution in [3.8, 4) is 0 Å². The normalized spacial score (nSPS) is 22.6. The van der Waals surface area contributed by atoms with Crippen molar-refractivity contribution in [2.75, 3.05) is 0 Å². The Hall–Kier alpha value is -1.57. The summed E-state index contributed by atoms with van der Waals surface area (Å²) < 4.78 is 0. The van der Waals surface area contributed by atoms with Gasteiger partial charge >= 0.3 is 0 Å². The van der Waals surface area contributed by atoms with Gasteiger partial charge in [0.05, 0.1) is 0 Å². The van der Waals surface area contributed by atoms with Crippen LogP contribution in [0.25, 0.3) is 0 Å². The molecule has 0 saturated heterocycles. The second-order valence-corrected chi connectivity index (χ2v) is 3.22. The molecular formula is C13H17NO. The summed E-state index contributed by atoms with van der Waals surface area (Å²) in [5, 5.41) is 2.79. The summed E-state index contributed by atoms with van der Waals surface area (Å²) in [7, 11) is 0. The van der Waals surface area contributed by atoms with Crippen LogP contribution < -0.4 is 5.32 Å². The Kier molecular flexibility index (Phi) is 4.10. The molecule has 2 heteroatoms. The van der Waals surface area contributed by atoms with Crippen LogP contribution >= 0.6 is 0 Å². The molecule has 0 spiro atoms. The minimum atomic E-state index is 0.0150. The molecule has 1 atom stereocenters. The fourth-order valence-corrected chi connectivity index (χ4v) is 1.56. The van der Waals surface area contributed by atoms with Crippen LogP contribution in [-0.2, 0) is 4.79 Å². The fourth-order valence-electron chi connectivity index (χ4n) is 1.56. The van der Waals surface area contributed by atoms with Crippen LogP contribution in [0.4, 0.5) is 0 Å². The molecular weight excluding hydrogens is 186 g/mol. The van der Waals surface area contributed by atoms with Gasteiger partial charge in [-0.05, 0) is 6.92 Å². The van der Waals surface area contributed by atoms with E-state index in [1.165, 1.54) is 0 Å². The third kappa shape index (κ3) is 2.69. The third-order valence-electron chi connectivity index (χ3n) is 2.18. The molecule has 1 heterocycles. The molecule has 2 aliphatic rings. The Labute approximate surface area is 91.1 Å². The molecule has 0 aromatic rings. The molecule has 0 fully saturated rings. The summed E-state index contributed by atoms with van der Waals surface area (Å²) in [6.45, 7) is 5.90. The maximum atomic E-state index is 11.5. The van der Waals surface area contributed by atoms with E-state index < -0.39 is 0 Å². The fraction of sp³-hybridized carbons (Fsp3) is 0.308. The lowest BCUT2D eigenvalue weighted by Crippen LogP contribution is -2.30. The van der Waals surface area contributed by atoms with Gasteiger partial charge in [0.15, 0.2) is 0 Å². The van der Waals surface area contributed by atoms with E-state index in [2.05, 4.69) is 11.4 Å². The second kappa shape index (κ2) is 5.35. The molecule has 2 rings (SSSR count). The van der Waals surface area contributed by atoms with Crippen LogP contribution in [0, 0.1) is 5.92 Å². The van der Waals surface area contributed by atoms with Gasteiger partial charge in [0, 0.05) is 17.2 Å². The number of hydrogen-bond acceptors (Lipinski definition) is 1. The van der Waals surface area contributed by atoms with Crippen LogP contribution in [0.5, 0.6) is 0 Å². The van der Waals surface area contributed by atoms with E-state index >= 15 is 0 Å². The summed E-state index contributed by atoms with van der Waals surface area (Å²) >= 11 is 0. The van der Waals surface area contributed by atoms with Gasteiger partial charge in [0.2, 0.25) is 0 Å². The van der Waals surface area contributed by atoms with Gasteiger partial charge in [-0.2, -0.15) is 0 Å². The van der Waals surface area contributed by atoms with Gasteiger partial charge in [-0.3, -0.25) is 4.79 Å². The Bertz CT molecular complexity index is 359. The molecule has 0 radical (unpaired) electrons. The molecule has 0 saturated carbocycles. The second-order valence-electron chi connectivity index (χ2n) is 3.22. The van der Waals surface area contributed by atoms with Crippen LogP contribution in [-0.4, -0.2) is 5.91 Å². The van der Waals surface area contributed by atoms with E-state index in [0.717, 1.165) is 11.3 Å². The van der Waals surface area contributed by atoms with E-state index in [1.54, 1.807) is 0 Å². The number of allylic oxidation sites excluding steroid dienone is 7. The molecule has 0 bridgehead atoms. The lowest BCUT2D eigenvalue weighted by molar-refractivity contribution is -0.117. The predicted octanol–water partition coefficient (Wildman–Crippen LogP) is 2.71. The van der Waals surface area contributed by atoms with Gasteiger partial charge < -0.3 is 5.32 Å². The Balaban J connectivity index is 0.000000531. The van der Waals surface area contributed by atoms with Gasteiger partial charge in [-0.1, -0.05) is 50.3 Å². The average Bonchev–Trinajstić information content (AvgIpc) is 2.46. The van der Waals surface area contributed by atoms with Crippen molar-refractivity contribution in [1.82, 2.24) is 5.32 Å². The standard InChI is InChI=1S/C11H11NO.C2H6/c1-8-7-9-5-3-2-4-6-10(9)11(13)12-8;1-2/h2-7,9H,1H3,(H,12,13);1-2H3. The molecule has 1 aliphatic carbocycles. The molecule has 15 heavy (non-hydrogen) atoms. The highest BCUT2D eigenvalue weighted by Crippen LogP contribution is 2.22. The lowest BCUT2D eigenvalue weighted by Gasteiger charge is -2.19. The first-order valence-corrected chi connectivity index (χ1v) is 5.32. The van der Waals surface area contributed by atoms with Crippen molar-refractivity contribution in [1.29, 1.82) is 0 Å². The zero-order valence-corrected chi connectivity index (χ0v) is 9.45. The zero-order valence-electron chi connectivity index (χ0n) is 9.45. The van der Waals surface area contributed by atoms with Crippen molar-refractivity contribution in [3.05, 3.63) is 47.7 Å². The van der Waals surface area contributed by atoms with Crippen molar-refractivity contribution in [2.45, 2.75) is 20.8 Å². The lowest BCUT2D eigenvalue weighted by atomic mass is 9.94. The number of hydrogen-bond donors (Lipinski definition) is 1. The number of carbonyl (C=O) groups excluding carboxylic acids is 1. The molecule has 0 aromatic heterocycles. The average molecular weight is 203 g/mol. The zero-order chi connectivity index (χ0) is 11.3. The summed E-state index contributed by atoms with van der Waals surface area (Å²) in [5.41, 5.74) is 1.74. The topological polar surface area (TPSA) is 29.1 Å². The first-order valence-electron chi connectivity index (χ1n) is 5.32. The van der Waals surface area contributed by atoms with Crippen LogP contribution in [0.2, 0.25) is 0 Å². The highest BCUT2D eigenvalue weighted by atomic mass is 16.1. The minimum absolute atomic E-state index is 0.0150. The van der Waals surface area contributed by atoms with E-state index in [4.69, 9.17) is 0 Å². The molecule has 1 N–H and O–H groups in total. The predicted molar refractivity (Wildman–Crippen MR) is 63.1 cm³/mol. The van der Waals surface area contributed by atoms with Crippen molar-refractivity contribution >= 4 is 5.91 Å². The van der Waals surface area contributed by atoms with Crippen LogP contribution in [0.1, 0.15) is 20.8 Å². The molecule has 1 amide bonds. The first kappa shape index (κ1) is 11.5. The van der Waals surface area contributed by atoms with Gasteiger partial charge in [-0.15, -0.1) is 0 Å².